The molecular formula is C10H6F2N4O3. The summed E-state index contributed by atoms with van der Waals surface area (Å²) in [5.74, 6) is -2.80. The molecule has 0 aliphatic heterocycles. The van der Waals surface area contributed by atoms with Crippen molar-refractivity contribution in [3.05, 3.63) is 52.6 Å². The predicted octanol–water partition coefficient (Wildman–Crippen LogP) is 2.15. The minimum Gasteiger partial charge on any atom is -0.299 e. The topological polar surface area (TPSA) is 90.1 Å². The molecule has 1 amide bonds. The Morgan fingerprint density at radius 1 is 1.42 bits per heavy atom. The largest absolute Gasteiger partial charge is 0.331 e. The summed E-state index contributed by atoms with van der Waals surface area (Å²) in [6.45, 7) is 0. The number of halogens is 2. The van der Waals surface area contributed by atoms with E-state index >= 15 is 0 Å². The highest BCUT2D eigenvalue weighted by molar-refractivity contribution is 5.93. The van der Waals surface area contributed by atoms with E-state index in [2.05, 4.69) is 4.98 Å². The van der Waals surface area contributed by atoms with Gasteiger partial charge in [0.1, 0.15) is 6.33 Å². The van der Waals surface area contributed by atoms with Crippen LogP contribution >= 0.6 is 0 Å². The number of nitro benzene ring substituents is 1. The van der Waals surface area contributed by atoms with Crippen molar-refractivity contribution in [1.82, 2.24) is 9.55 Å². The summed E-state index contributed by atoms with van der Waals surface area (Å²) < 4.78 is 27.5. The number of nitro groups is 1. The first-order chi connectivity index (χ1) is 9.00. The van der Waals surface area contributed by atoms with Crippen molar-refractivity contribution < 1.29 is 18.5 Å². The second kappa shape index (κ2) is 4.80. The van der Waals surface area contributed by atoms with Gasteiger partial charge in [-0.25, -0.2) is 18.6 Å². The third-order valence-electron chi connectivity index (χ3n) is 2.24. The summed E-state index contributed by atoms with van der Waals surface area (Å²) >= 11 is 0. The first-order valence-electron chi connectivity index (χ1n) is 4.92. The van der Waals surface area contributed by atoms with Gasteiger partial charge in [-0.2, -0.15) is 0 Å². The molecule has 7 nitrogen and oxygen atoms in total. The zero-order chi connectivity index (χ0) is 14.0. The van der Waals surface area contributed by atoms with Crippen LogP contribution in [0.15, 0.2) is 30.9 Å². The maximum Gasteiger partial charge on any atom is 0.331 e. The number of carbonyl (C=O) groups excluding carboxylic acids is 1. The van der Waals surface area contributed by atoms with Crippen molar-refractivity contribution in [1.29, 1.82) is 0 Å². The van der Waals surface area contributed by atoms with Crippen molar-refractivity contribution in [2.24, 2.45) is 0 Å². The van der Waals surface area contributed by atoms with Crippen molar-refractivity contribution in [2.75, 3.05) is 5.32 Å². The highest BCUT2D eigenvalue weighted by Gasteiger charge is 2.23. The van der Waals surface area contributed by atoms with E-state index in [9.17, 15) is 23.7 Å². The molecule has 1 heterocycles. The van der Waals surface area contributed by atoms with Crippen molar-refractivity contribution in [2.45, 2.75) is 0 Å². The van der Waals surface area contributed by atoms with Gasteiger partial charge in [-0.05, 0) is 6.07 Å². The number of anilines is 1. The van der Waals surface area contributed by atoms with Gasteiger partial charge < -0.3 is 0 Å². The van der Waals surface area contributed by atoms with E-state index in [0.717, 1.165) is 17.0 Å². The van der Waals surface area contributed by atoms with Crippen LogP contribution in [0.25, 0.3) is 0 Å². The molecular weight excluding hydrogens is 262 g/mol. The molecule has 0 atom stereocenters. The fourth-order valence-corrected chi connectivity index (χ4v) is 1.36. The van der Waals surface area contributed by atoms with Crippen LogP contribution in [0.5, 0.6) is 0 Å². The molecule has 0 aliphatic carbocycles. The third-order valence-corrected chi connectivity index (χ3v) is 2.24. The van der Waals surface area contributed by atoms with Crippen LogP contribution < -0.4 is 5.32 Å². The van der Waals surface area contributed by atoms with Gasteiger partial charge in [0, 0.05) is 18.5 Å². The van der Waals surface area contributed by atoms with Gasteiger partial charge in [-0.1, -0.05) is 0 Å². The van der Waals surface area contributed by atoms with Gasteiger partial charge in [-0.3, -0.25) is 20.0 Å². The number of nitrogens with zero attached hydrogens (tertiary/aromatic N) is 3. The van der Waals surface area contributed by atoms with Crippen molar-refractivity contribution >= 4 is 17.4 Å². The van der Waals surface area contributed by atoms with Gasteiger partial charge in [0.25, 0.3) is 5.69 Å². The average Bonchev–Trinajstić information content (AvgIpc) is 2.88. The molecule has 98 valence electrons. The zero-order valence-corrected chi connectivity index (χ0v) is 9.21. The lowest BCUT2D eigenvalue weighted by molar-refractivity contribution is -0.384. The quantitative estimate of drug-likeness (QED) is 0.667. The maximum absolute atomic E-state index is 13.5. The fraction of sp³-hybridized carbons (Fsp3) is 0. The highest BCUT2D eigenvalue weighted by Crippen LogP contribution is 2.29. The van der Waals surface area contributed by atoms with E-state index < -0.39 is 34.0 Å². The smallest absolute Gasteiger partial charge is 0.299 e. The number of hydrogen-bond donors (Lipinski definition) is 1. The number of aromatic nitrogens is 2. The molecule has 0 saturated heterocycles. The molecule has 1 aromatic carbocycles. The lowest BCUT2D eigenvalue weighted by Gasteiger charge is -2.07. The van der Waals surface area contributed by atoms with Crippen molar-refractivity contribution in [3.8, 4) is 0 Å². The van der Waals surface area contributed by atoms with E-state index in [0.29, 0.717) is 6.07 Å². The number of rotatable bonds is 2. The first-order valence-corrected chi connectivity index (χ1v) is 4.92. The van der Waals surface area contributed by atoms with E-state index in [4.69, 9.17) is 0 Å². The molecule has 9 heteroatoms. The number of amides is 1. The van der Waals surface area contributed by atoms with Crippen LogP contribution in [0, 0.1) is 21.7 Å². The Hall–Kier alpha value is -2.84. The molecule has 0 spiro atoms. The Morgan fingerprint density at radius 2 is 2.16 bits per heavy atom. The van der Waals surface area contributed by atoms with Crippen LogP contribution in [0.2, 0.25) is 0 Å². The molecule has 2 aromatic rings. The summed E-state index contributed by atoms with van der Waals surface area (Å²) in [4.78, 5) is 25.0. The Kier molecular flexibility index (Phi) is 3.19. The minimum absolute atomic E-state index is 0.611. The molecule has 0 unspecified atom stereocenters. The van der Waals surface area contributed by atoms with Crippen LogP contribution in [0.1, 0.15) is 0 Å². The zero-order valence-electron chi connectivity index (χ0n) is 9.21. The summed E-state index contributed by atoms with van der Waals surface area (Å²) in [7, 11) is 0. The number of hydrogen-bond acceptors (Lipinski definition) is 4. The molecule has 2 rings (SSSR count). The van der Waals surface area contributed by atoms with Gasteiger partial charge in [0.2, 0.25) is 0 Å². The second-order valence-electron chi connectivity index (χ2n) is 3.41. The van der Waals surface area contributed by atoms with Gasteiger partial charge >= 0.3 is 6.03 Å². The molecule has 1 aromatic heterocycles. The Labute approximate surface area is 104 Å². The molecule has 0 fully saturated rings. The Morgan fingerprint density at radius 3 is 2.74 bits per heavy atom. The van der Waals surface area contributed by atoms with Gasteiger partial charge in [0.05, 0.1) is 4.92 Å². The summed E-state index contributed by atoms with van der Waals surface area (Å²) in [6, 6.07) is 0.479. The monoisotopic (exact) mass is 268 g/mol. The lowest BCUT2D eigenvalue weighted by Crippen LogP contribution is -2.19. The number of imidazole rings is 1. The fourth-order valence-electron chi connectivity index (χ4n) is 1.36. The maximum atomic E-state index is 13.5. The molecule has 0 radical (unpaired) electrons. The predicted molar refractivity (Wildman–Crippen MR) is 59.7 cm³/mol. The number of benzene rings is 1. The van der Waals surface area contributed by atoms with Crippen molar-refractivity contribution in [3.63, 3.8) is 0 Å². The standard InChI is InChI=1S/C10H6F2N4O3/c11-6-1-2-7(16(18)19)9(8(6)12)14-10(17)15-4-3-13-5-15/h1-5H,(H,14,17). The summed E-state index contributed by atoms with van der Waals surface area (Å²) in [5, 5.41) is 12.6. The van der Waals surface area contributed by atoms with Crippen LogP contribution in [0.3, 0.4) is 0 Å². The lowest BCUT2D eigenvalue weighted by atomic mass is 10.2. The van der Waals surface area contributed by atoms with Crippen LogP contribution in [-0.2, 0) is 0 Å². The van der Waals surface area contributed by atoms with Gasteiger partial charge in [0.15, 0.2) is 17.3 Å². The van der Waals surface area contributed by atoms with E-state index in [1.54, 1.807) is 0 Å². The molecule has 0 bridgehead atoms. The second-order valence-corrected chi connectivity index (χ2v) is 3.41. The number of nitrogens with one attached hydrogen (secondary N) is 1. The van der Waals surface area contributed by atoms with Gasteiger partial charge in [-0.15, -0.1) is 0 Å². The SMILES string of the molecule is O=C(Nc1c([N+](=O)[O-])ccc(F)c1F)n1ccnc1. The third kappa shape index (κ3) is 2.39. The van der Waals surface area contributed by atoms with E-state index in [1.165, 1.54) is 12.4 Å². The highest BCUT2D eigenvalue weighted by atomic mass is 19.2. The summed E-state index contributed by atoms with van der Waals surface area (Å²) in [6.07, 6.45) is 3.65. The summed E-state index contributed by atoms with van der Waals surface area (Å²) in [5.41, 5.74) is -1.57. The van der Waals surface area contributed by atoms with Crippen LogP contribution in [0.4, 0.5) is 25.0 Å². The Bertz CT molecular complexity index is 642. The Balaban J connectivity index is 2.41. The molecule has 0 aliphatic rings. The first kappa shape index (κ1) is 12.6. The van der Waals surface area contributed by atoms with E-state index in [-0.39, 0.29) is 0 Å². The van der Waals surface area contributed by atoms with Crippen LogP contribution in [-0.4, -0.2) is 20.5 Å². The minimum atomic E-state index is -1.50. The molecule has 1 N–H and O–H groups in total. The number of carbonyl (C=O) groups is 1. The molecule has 0 saturated carbocycles. The normalized spacial score (nSPS) is 10.2. The van der Waals surface area contributed by atoms with E-state index in [1.807, 2.05) is 5.32 Å². The molecule has 19 heavy (non-hydrogen) atoms. The average molecular weight is 268 g/mol.